The Morgan fingerprint density at radius 1 is 1.29 bits per heavy atom. The Bertz CT molecular complexity index is 545. The first-order chi connectivity index (χ1) is 10.1. The zero-order valence-electron chi connectivity index (χ0n) is 11.7. The number of carbonyl (C=O) groups is 1. The van der Waals surface area contributed by atoms with E-state index in [1.807, 2.05) is 11.0 Å². The van der Waals surface area contributed by atoms with Gasteiger partial charge in [-0.25, -0.2) is 4.79 Å². The monoisotopic (exact) mass is 328 g/mol. The van der Waals surface area contributed by atoms with Crippen LogP contribution in [0, 0.1) is 0 Å². The average Bonchev–Trinajstić information content (AvgIpc) is 2.47. The fourth-order valence-electron chi connectivity index (χ4n) is 2.89. The van der Waals surface area contributed by atoms with Crippen molar-refractivity contribution in [3.8, 4) is 0 Å². The van der Waals surface area contributed by atoms with Crippen LogP contribution in [0.15, 0.2) is 12.1 Å². The second kappa shape index (κ2) is 6.42. The minimum atomic E-state index is -0.0105. The lowest BCUT2D eigenvalue weighted by Crippen LogP contribution is -2.48. The van der Waals surface area contributed by atoms with Crippen molar-refractivity contribution in [1.29, 1.82) is 0 Å². The highest BCUT2D eigenvalue weighted by molar-refractivity contribution is 6.35. The molecule has 114 valence electrons. The van der Waals surface area contributed by atoms with Crippen LogP contribution in [0.3, 0.4) is 0 Å². The Balaban J connectivity index is 1.66. The lowest BCUT2D eigenvalue weighted by atomic mass is 10.00. The molecule has 21 heavy (non-hydrogen) atoms. The Hall–Kier alpha value is -0.970. The van der Waals surface area contributed by atoms with Crippen LogP contribution in [-0.4, -0.2) is 36.7 Å². The first-order valence-corrected chi connectivity index (χ1v) is 7.99. The van der Waals surface area contributed by atoms with Crippen molar-refractivity contribution in [1.82, 2.24) is 10.2 Å². The predicted octanol–water partition coefficient (Wildman–Crippen LogP) is 3.24. The summed E-state index contributed by atoms with van der Waals surface area (Å²) in [7, 11) is 0. The second-order valence-corrected chi connectivity index (χ2v) is 6.38. The smallest absolute Gasteiger partial charge is 0.317 e. The van der Waals surface area contributed by atoms with Crippen molar-refractivity contribution in [2.75, 3.05) is 19.8 Å². The van der Waals surface area contributed by atoms with Crippen LogP contribution in [0.2, 0.25) is 10.0 Å². The lowest BCUT2D eigenvalue weighted by molar-refractivity contribution is 0.0778. The van der Waals surface area contributed by atoms with Gasteiger partial charge in [0.1, 0.15) is 0 Å². The van der Waals surface area contributed by atoms with Crippen molar-refractivity contribution in [2.45, 2.75) is 31.8 Å². The maximum absolute atomic E-state index is 12.4. The van der Waals surface area contributed by atoms with Gasteiger partial charge in [-0.15, -0.1) is 0 Å². The highest BCUT2D eigenvalue weighted by atomic mass is 35.5. The fraction of sp³-hybridized carbons (Fsp3) is 0.533. The first-order valence-electron chi connectivity index (χ1n) is 7.23. The number of carbonyl (C=O) groups excluding carboxylic acids is 1. The SMILES string of the molecule is O=C(NC1CCOCC1)N1CCc2c(Cl)cc(Cl)cc2C1. The van der Waals surface area contributed by atoms with E-state index in [1.165, 1.54) is 0 Å². The summed E-state index contributed by atoms with van der Waals surface area (Å²) < 4.78 is 5.31. The molecule has 1 aromatic carbocycles. The molecule has 4 nitrogen and oxygen atoms in total. The van der Waals surface area contributed by atoms with Gasteiger partial charge in [0.2, 0.25) is 0 Å². The molecule has 1 N–H and O–H groups in total. The molecule has 2 amide bonds. The Morgan fingerprint density at radius 2 is 2.05 bits per heavy atom. The Morgan fingerprint density at radius 3 is 2.81 bits per heavy atom. The van der Waals surface area contributed by atoms with Gasteiger partial charge in [-0.2, -0.15) is 0 Å². The van der Waals surface area contributed by atoms with Crippen LogP contribution >= 0.6 is 23.2 Å². The van der Waals surface area contributed by atoms with E-state index in [-0.39, 0.29) is 12.1 Å². The van der Waals surface area contributed by atoms with Crippen LogP contribution in [0.5, 0.6) is 0 Å². The third-order valence-corrected chi connectivity index (χ3v) is 4.64. The summed E-state index contributed by atoms with van der Waals surface area (Å²) in [4.78, 5) is 14.2. The van der Waals surface area contributed by atoms with E-state index in [9.17, 15) is 4.79 Å². The summed E-state index contributed by atoms with van der Waals surface area (Å²) >= 11 is 12.3. The molecule has 3 rings (SSSR count). The zero-order chi connectivity index (χ0) is 14.8. The zero-order valence-corrected chi connectivity index (χ0v) is 13.2. The minimum absolute atomic E-state index is 0.0105. The van der Waals surface area contributed by atoms with Gasteiger partial charge in [-0.1, -0.05) is 23.2 Å². The molecule has 0 unspecified atom stereocenters. The number of ether oxygens (including phenoxy) is 1. The first kappa shape index (κ1) is 14.9. The molecule has 0 aliphatic carbocycles. The highest BCUT2D eigenvalue weighted by Gasteiger charge is 2.25. The van der Waals surface area contributed by atoms with Gasteiger partial charge in [-0.05, 0) is 42.5 Å². The number of nitrogens with zero attached hydrogens (tertiary/aromatic N) is 1. The molecular formula is C15H18Cl2N2O2. The number of fused-ring (bicyclic) bond motifs is 1. The second-order valence-electron chi connectivity index (χ2n) is 5.53. The topological polar surface area (TPSA) is 41.6 Å². The summed E-state index contributed by atoms with van der Waals surface area (Å²) in [5.41, 5.74) is 2.15. The van der Waals surface area contributed by atoms with E-state index in [2.05, 4.69) is 5.32 Å². The van der Waals surface area contributed by atoms with E-state index in [4.69, 9.17) is 27.9 Å². The molecule has 0 aromatic heterocycles. The standard InChI is InChI=1S/C15H18Cl2N2O2/c16-11-7-10-9-19(4-1-13(10)14(17)8-11)15(20)18-12-2-5-21-6-3-12/h7-8,12H,1-6,9H2,(H,18,20). The molecule has 2 heterocycles. The Kier molecular flexibility index (Phi) is 4.57. The summed E-state index contributed by atoms with van der Waals surface area (Å²) in [6, 6.07) is 3.87. The number of benzene rings is 1. The van der Waals surface area contributed by atoms with Crippen molar-refractivity contribution < 1.29 is 9.53 Å². The normalized spacial score (nSPS) is 19.2. The predicted molar refractivity (Wildman–Crippen MR) is 82.9 cm³/mol. The van der Waals surface area contributed by atoms with Gasteiger partial charge in [0.25, 0.3) is 0 Å². The van der Waals surface area contributed by atoms with Crippen LogP contribution in [0.1, 0.15) is 24.0 Å². The summed E-state index contributed by atoms with van der Waals surface area (Å²) in [6.45, 7) is 2.69. The van der Waals surface area contributed by atoms with E-state index < -0.39 is 0 Å². The largest absolute Gasteiger partial charge is 0.381 e. The van der Waals surface area contributed by atoms with Crippen molar-refractivity contribution >= 4 is 29.2 Å². The Labute approximate surface area is 134 Å². The van der Waals surface area contributed by atoms with E-state index in [1.54, 1.807) is 6.07 Å². The molecule has 2 aliphatic heterocycles. The van der Waals surface area contributed by atoms with Crippen LogP contribution in [0.25, 0.3) is 0 Å². The van der Waals surface area contributed by atoms with Crippen molar-refractivity contribution in [3.63, 3.8) is 0 Å². The summed E-state index contributed by atoms with van der Waals surface area (Å²) in [5, 5.41) is 4.40. The third kappa shape index (κ3) is 3.44. The average molecular weight is 329 g/mol. The molecule has 0 saturated carbocycles. The number of rotatable bonds is 1. The lowest BCUT2D eigenvalue weighted by Gasteiger charge is -2.32. The highest BCUT2D eigenvalue weighted by Crippen LogP contribution is 2.29. The molecule has 0 spiro atoms. The van der Waals surface area contributed by atoms with Crippen molar-refractivity contribution in [3.05, 3.63) is 33.3 Å². The maximum atomic E-state index is 12.4. The number of urea groups is 1. The number of amides is 2. The number of hydrogen-bond acceptors (Lipinski definition) is 2. The van der Waals surface area contributed by atoms with E-state index in [0.717, 1.165) is 43.6 Å². The third-order valence-electron chi connectivity index (χ3n) is 4.08. The molecular weight excluding hydrogens is 311 g/mol. The molecule has 0 bridgehead atoms. The molecule has 1 aromatic rings. The van der Waals surface area contributed by atoms with Gasteiger partial charge in [0.15, 0.2) is 0 Å². The quantitative estimate of drug-likeness (QED) is 0.859. The van der Waals surface area contributed by atoms with E-state index >= 15 is 0 Å². The van der Waals surface area contributed by atoms with Gasteiger partial charge >= 0.3 is 6.03 Å². The van der Waals surface area contributed by atoms with Gasteiger partial charge in [0, 0.05) is 42.4 Å². The van der Waals surface area contributed by atoms with Crippen LogP contribution < -0.4 is 5.32 Å². The molecule has 1 fully saturated rings. The summed E-state index contributed by atoms with van der Waals surface area (Å²) in [5.74, 6) is 0. The van der Waals surface area contributed by atoms with Crippen molar-refractivity contribution in [2.24, 2.45) is 0 Å². The molecule has 6 heteroatoms. The minimum Gasteiger partial charge on any atom is -0.381 e. The van der Waals surface area contributed by atoms with Crippen LogP contribution in [0.4, 0.5) is 4.79 Å². The fourth-order valence-corrected chi connectivity index (χ4v) is 3.52. The summed E-state index contributed by atoms with van der Waals surface area (Å²) in [6.07, 6.45) is 2.54. The van der Waals surface area contributed by atoms with Gasteiger partial charge in [0.05, 0.1) is 0 Å². The van der Waals surface area contributed by atoms with Gasteiger partial charge < -0.3 is 15.0 Å². The van der Waals surface area contributed by atoms with E-state index in [0.29, 0.717) is 23.1 Å². The molecule has 1 saturated heterocycles. The maximum Gasteiger partial charge on any atom is 0.317 e. The van der Waals surface area contributed by atoms with Crippen LogP contribution in [-0.2, 0) is 17.7 Å². The number of hydrogen-bond donors (Lipinski definition) is 1. The molecule has 0 radical (unpaired) electrons. The molecule has 2 aliphatic rings. The van der Waals surface area contributed by atoms with Gasteiger partial charge in [-0.3, -0.25) is 0 Å². The molecule has 0 atom stereocenters. The number of halogens is 2. The number of nitrogens with one attached hydrogen (secondary N) is 1.